The van der Waals surface area contributed by atoms with E-state index in [4.69, 9.17) is 4.74 Å². The first kappa shape index (κ1) is 23.6. The molecule has 0 bridgehead atoms. The van der Waals surface area contributed by atoms with Crippen LogP contribution in [-0.2, 0) is 30.0 Å². The van der Waals surface area contributed by atoms with E-state index >= 15 is 0 Å². The van der Waals surface area contributed by atoms with Gasteiger partial charge in [0, 0.05) is 23.4 Å². The summed E-state index contributed by atoms with van der Waals surface area (Å²) in [5.74, 6) is -2.82. The van der Waals surface area contributed by atoms with Gasteiger partial charge in [-0.25, -0.2) is 27.2 Å². The molecule has 2 atom stereocenters. The van der Waals surface area contributed by atoms with Crippen molar-refractivity contribution in [3.63, 3.8) is 0 Å². The molecule has 4 rings (SSSR count). The van der Waals surface area contributed by atoms with Gasteiger partial charge in [0.05, 0.1) is 31.5 Å². The highest BCUT2D eigenvalue weighted by Gasteiger charge is 2.40. The first-order valence-electron chi connectivity index (χ1n) is 10.3. The van der Waals surface area contributed by atoms with E-state index in [9.17, 15) is 22.7 Å². The van der Waals surface area contributed by atoms with Crippen molar-refractivity contribution in [2.24, 2.45) is 0 Å². The lowest BCUT2D eigenvalue weighted by Crippen LogP contribution is -2.44. The molecule has 34 heavy (non-hydrogen) atoms. The molecule has 2 heterocycles. The summed E-state index contributed by atoms with van der Waals surface area (Å²) in [5, 5.41) is 19.7. The average Bonchev–Trinajstić information content (AvgIpc) is 3.46. The SMILES string of the molecule is C[C@@H](OCc1ccn(Cc2cc(F)ccc2F)n1)[C@](O)(Cn1cncn1)c1ccc(F)cc1F. The monoisotopic (exact) mass is 475 g/mol. The fourth-order valence-corrected chi connectivity index (χ4v) is 3.59. The third-order valence-corrected chi connectivity index (χ3v) is 5.46. The van der Waals surface area contributed by atoms with Gasteiger partial charge in [0.15, 0.2) is 0 Å². The van der Waals surface area contributed by atoms with E-state index in [1.54, 1.807) is 19.2 Å². The molecule has 0 aliphatic carbocycles. The summed E-state index contributed by atoms with van der Waals surface area (Å²) in [6.45, 7) is 1.28. The molecule has 2 aromatic heterocycles. The quantitative estimate of drug-likeness (QED) is 0.375. The third kappa shape index (κ3) is 5.15. The minimum absolute atomic E-state index is 0.0101. The van der Waals surface area contributed by atoms with E-state index in [-0.39, 0.29) is 30.8 Å². The van der Waals surface area contributed by atoms with Crippen LogP contribution < -0.4 is 0 Å². The van der Waals surface area contributed by atoms with Crippen molar-refractivity contribution in [2.45, 2.75) is 38.3 Å². The Balaban J connectivity index is 1.50. The van der Waals surface area contributed by atoms with E-state index < -0.39 is 35.0 Å². The molecule has 0 amide bonds. The standard InChI is InChI=1S/C23H21F4N5O2/c1-15(23(33,12-32-14-28-13-29-32)20-4-2-18(25)9-22(20)27)34-11-19-6-7-31(30-19)10-16-8-17(24)3-5-21(16)26/h2-9,13-15,33H,10-12H2,1H3/t15-,23-/m1/s1. The lowest BCUT2D eigenvalue weighted by atomic mass is 9.88. The molecule has 1 N–H and O–H groups in total. The number of ether oxygens (including phenoxy) is 1. The van der Waals surface area contributed by atoms with Crippen molar-refractivity contribution in [1.82, 2.24) is 24.5 Å². The second kappa shape index (κ2) is 9.74. The summed E-state index contributed by atoms with van der Waals surface area (Å²) in [7, 11) is 0. The Bertz CT molecular complexity index is 1260. The number of rotatable bonds is 9. The predicted molar refractivity (Wildman–Crippen MR) is 112 cm³/mol. The van der Waals surface area contributed by atoms with Crippen LogP contribution in [0.1, 0.15) is 23.7 Å². The maximum Gasteiger partial charge on any atom is 0.138 e. The van der Waals surface area contributed by atoms with Crippen LogP contribution in [-0.4, -0.2) is 35.8 Å². The topological polar surface area (TPSA) is 78.0 Å². The van der Waals surface area contributed by atoms with E-state index in [0.717, 1.165) is 30.3 Å². The smallest absolute Gasteiger partial charge is 0.138 e. The molecule has 0 saturated carbocycles. The van der Waals surface area contributed by atoms with Crippen molar-refractivity contribution in [1.29, 1.82) is 0 Å². The molecule has 0 saturated heterocycles. The predicted octanol–water partition coefficient (Wildman–Crippen LogP) is 3.57. The van der Waals surface area contributed by atoms with Crippen LogP contribution in [0.25, 0.3) is 0 Å². The van der Waals surface area contributed by atoms with Gasteiger partial charge in [-0.15, -0.1) is 0 Å². The molecule has 2 aromatic carbocycles. The van der Waals surface area contributed by atoms with Gasteiger partial charge >= 0.3 is 0 Å². The van der Waals surface area contributed by atoms with E-state index in [1.807, 2.05) is 0 Å². The van der Waals surface area contributed by atoms with Crippen LogP contribution in [0, 0.1) is 23.3 Å². The Morgan fingerprint density at radius 1 is 1.00 bits per heavy atom. The Kier molecular flexibility index (Phi) is 6.75. The molecular weight excluding hydrogens is 454 g/mol. The van der Waals surface area contributed by atoms with Gasteiger partial charge in [-0.05, 0) is 37.3 Å². The zero-order valence-corrected chi connectivity index (χ0v) is 18.1. The van der Waals surface area contributed by atoms with Crippen LogP contribution >= 0.6 is 0 Å². The van der Waals surface area contributed by atoms with Crippen LogP contribution in [0.5, 0.6) is 0 Å². The number of nitrogens with zero attached hydrogens (tertiary/aromatic N) is 5. The highest BCUT2D eigenvalue weighted by molar-refractivity contribution is 5.26. The molecule has 0 radical (unpaired) electrons. The van der Waals surface area contributed by atoms with Gasteiger partial charge in [-0.2, -0.15) is 10.2 Å². The molecule has 0 aliphatic heterocycles. The van der Waals surface area contributed by atoms with Gasteiger partial charge in [-0.1, -0.05) is 6.07 Å². The molecule has 0 fully saturated rings. The molecule has 11 heteroatoms. The molecule has 4 aromatic rings. The van der Waals surface area contributed by atoms with Crippen molar-refractivity contribution in [2.75, 3.05) is 0 Å². The fraction of sp³-hybridized carbons (Fsp3) is 0.261. The maximum atomic E-state index is 14.6. The number of halogens is 4. The van der Waals surface area contributed by atoms with Gasteiger partial charge in [0.25, 0.3) is 0 Å². The van der Waals surface area contributed by atoms with Crippen molar-refractivity contribution < 1.29 is 27.4 Å². The lowest BCUT2D eigenvalue weighted by Gasteiger charge is -2.34. The molecule has 0 spiro atoms. The second-order valence-electron chi connectivity index (χ2n) is 7.84. The van der Waals surface area contributed by atoms with Crippen LogP contribution in [0.3, 0.4) is 0 Å². The summed E-state index contributed by atoms with van der Waals surface area (Å²) in [6.07, 6.45) is 3.21. The number of aliphatic hydroxyl groups is 1. The number of benzene rings is 2. The minimum atomic E-state index is -1.92. The summed E-state index contributed by atoms with van der Waals surface area (Å²) in [5.41, 5.74) is -1.49. The highest BCUT2D eigenvalue weighted by Crippen LogP contribution is 2.32. The van der Waals surface area contributed by atoms with Crippen molar-refractivity contribution in [3.8, 4) is 0 Å². The lowest BCUT2D eigenvalue weighted by molar-refractivity contribution is -0.124. The van der Waals surface area contributed by atoms with Gasteiger partial charge in [0.2, 0.25) is 0 Å². The molecule has 0 unspecified atom stereocenters. The van der Waals surface area contributed by atoms with Gasteiger partial charge < -0.3 is 9.84 Å². The summed E-state index contributed by atoms with van der Waals surface area (Å²) in [6, 6.07) is 7.68. The first-order chi connectivity index (χ1) is 16.2. The summed E-state index contributed by atoms with van der Waals surface area (Å²) >= 11 is 0. The zero-order chi connectivity index (χ0) is 24.3. The van der Waals surface area contributed by atoms with Crippen molar-refractivity contribution in [3.05, 3.63) is 101 Å². The van der Waals surface area contributed by atoms with E-state index in [0.29, 0.717) is 11.8 Å². The maximum absolute atomic E-state index is 14.6. The number of aromatic nitrogens is 5. The normalized spacial score (nSPS) is 14.2. The summed E-state index contributed by atoms with van der Waals surface area (Å²) in [4.78, 5) is 3.82. The Hall–Kier alpha value is -3.57. The van der Waals surface area contributed by atoms with Crippen LogP contribution in [0.15, 0.2) is 61.3 Å². The molecule has 7 nitrogen and oxygen atoms in total. The fourth-order valence-electron chi connectivity index (χ4n) is 3.59. The largest absolute Gasteiger partial charge is 0.380 e. The summed E-state index contributed by atoms with van der Waals surface area (Å²) < 4.78 is 63.9. The molecule has 178 valence electrons. The van der Waals surface area contributed by atoms with E-state index in [2.05, 4.69) is 15.2 Å². The Labute approximate surface area is 192 Å². The van der Waals surface area contributed by atoms with Gasteiger partial charge in [0.1, 0.15) is 41.5 Å². The Morgan fingerprint density at radius 2 is 1.76 bits per heavy atom. The Morgan fingerprint density at radius 3 is 2.50 bits per heavy atom. The van der Waals surface area contributed by atoms with Crippen molar-refractivity contribution >= 4 is 0 Å². The average molecular weight is 475 g/mol. The third-order valence-electron chi connectivity index (χ3n) is 5.46. The second-order valence-corrected chi connectivity index (χ2v) is 7.84. The number of hydrogen-bond acceptors (Lipinski definition) is 5. The van der Waals surface area contributed by atoms with Gasteiger partial charge in [-0.3, -0.25) is 4.68 Å². The van der Waals surface area contributed by atoms with E-state index in [1.165, 1.54) is 22.0 Å². The first-order valence-corrected chi connectivity index (χ1v) is 10.3. The zero-order valence-electron chi connectivity index (χ0n) is 18.1. The minimum Gasteiger partial charge on any atom is -0.380 e. The molecule has 0 aliphatic rings. The highest BCUT2D eigenvalue weighted by atomic mass is 19.1. The van der Waals surface area contributed by atoms with Crippen LogP contribution in [0.2, 0.25) is 0 Å². The van der Waals surface area contributed by atoms with Crippen LogP contribution in [0.4, 0.5) is 17.6 Å². The number of hydrogen-bond donors (Lipinski definition) is 1. The molecular formula is C23H21F4N5O2.